The average molecular weight is 223 g/mol. The minimum atomic E-state index is -1.17. The first-order chi connectivity index (χ1) is 6.70. The van der Waals surface area contributed by atoms with Gasteiger partial charge in [-0.25, -0.2) is 0 Å². The minimum Gasteiger partial charge on any atom is -0.396 e. The van der Waals surface area contributed by atoms with Crippen molar-refractivity contribution in [2.75, 3.05) is 38.4 Å². The Morgan fingerprint density at radius 3 is 2.86 bits per heavy atom. The van der Waals surface area contributed by atoms with Crippen LogP contribution >= 0.6 is 0 Å². The molecule has 2 N–H and O–H groups in total. The van der Waals surface area contributed by atoms with Gasteiger partial charge in [0.2, 0.25) is 5.91 Å². The number of rotatable bonds is 8. The van der Waals surface area contributed by atoms with Gasteiger partial charge in [0, 0.05) is 36.8 Å². The van der Waals surface area contributed by atoms with E-state index in [9.17, 15) is 9.00 Å². The molecule has 0 rings (SSSR count). The molecule has 14 heavy (non-hydrogen) atoms. The SMILES string of the molecule is COCCNC(=O)CS(=O)CCCO. The summed E-state index contributed by atoms with van der Waals surface area (Å²) in [6, 6.07) is 0. The Morgan fingerprint density at radius 1 is 1.57 bits per heavy atom. The minimum absolute atomic E-state index is 0.00368. The molecule has 1 atom stereocenters. The third-order valence-electron chi connectivity index (χ3n) is 1.45. The predicted octanol–water partition coefficient (Wildman–Crippen LogP) is -1.12. The van der Waals surface area contributed by atoms with Crippen LogP contribution in [0.3, 0.4) is 0 Å². The number of aliphatic hydroxyl groups is 1. The highest BCUT2D eigenvalue weighted by atomic mass is 32.2. The molecule has 0 heterocycles. The number of ether oxygens (including phenoxy) is 1. The summed E-state index contributed by atoms with van der Waals surface area (Å²) in [5.41, 5.74) is 0. The second kappa shape index (κ2) is 9.11. The normalized spacial score (nSPS) is 12.4. The first kappa shape index (κ1) is 13.5. The lowest BCUT2D eigenvalue weighted by Gasteiger charge is -2.03. The predicted molar refractivity (Wildman–Crippen MR) is 54.5 cm³/mol. The third-order valence-corrected chi connectivity index (χ3v) is 2.78. The molecule has 1 unspecified atom stereocenters. The van der Waals surface area contributed by atoms with Gasteiger partial charge in [0.05, 0.1) is 6.61 Å². The van der Waals surface area contributed by atoms with E-state index in [4.69, 9.17) is 9.84 Å². The van der Waals surface area contributed by atoms with Crippen molar-refractivity contribution in [1.82, 2.24) is 5.32 Å². The molecule has 0 aliphatic carbocycles. The molecule has 0 saturated heterocycles. The molecule has 6 heteroatoms. The van der Waals surface area contributed by atoms with E-state index < -0.39 is 10.8 Å². The first-order valence-electron chi connectivity index (χ1n) is 4.42. The number of carbonyl (C=O) groups excluding carboxylic acids is 1. The Hall–Kier alpha value is -0.460. The van der Waals surface area contributed by atoms with Crippen LogP contribution in [0.5, 0.6) is 0 Å². The number of hydrogen-bond acceptors (Lipinski definition) is 4. The standard InChI is InChI=1S/C8H17NO4S/c1-13-5-3-9-8(11)7-14(12)6-2-4-10/h10H,2-7H2,1H3,(H,9,11). The van der Waals surface area contributed by atoms with Crippen LogP contribution in [0.2, 0.25) is 0 Å². The fourth-order valence-electron chi connectivity index (χ4n) is 0.787. The Bertz CT molecular complexity index is 186. The first-order valence-corrected chi connectivity index (χ1v) is 5.91. The summed E-state index contributed by atoms with van der Waals surface area (Å²) in [4.78, 5) is 11.1. The summed E-state index contributed by atoms with van der Waals surface area (Å²) in [7, 11) is 0.379. The highest BCUT2D eigenvalue weighted by Crippen LogP contribution is 1.87. The van der Waals surface area contributed by atoms with E-state index in [0.29, 0.717) is 25.3 Å². The Morgan fingerprint density at radius 2 is 2.29 bits per heavy atom. The Kier molecular flexibility index (Phi) is 8.81. The summed E-state index contributed by atoms with van der Waals surface area (Å²) < 4.78 is 15.9. The molecule has 1 amide bonds. The van der Waals surface area contributed by atoms with Crippen molar-refractivity contribution < 1.29 is 18.8 Å². The lowest BCUT2D eigenvalue weighted by molar-refractivity contribution is -0.118. The van der Waals surface area contributed by atoms with Gasteiger partial charge in [-0.3, -0.25) is 9.00 Å². The molecule has 0 aliphatic heterocycles. The van der Waals surface area contributed by atoms with E-state index in [1.165, 1.54) is 0 Å². The number of carbonyl (C=O) groups is 1. The molecule has 0 aliphatic rings. The lowest BCUT2D eigenvalue weighted by Crippen LogP contribution is -2.31. The molecular weight excluding hydrogens is 206 g/mol. The van der Waals surface area contributed by atoms with Crippen molar-refractivity contribution in [3.8, 4) is 0 Å². The second-order valence-corrected chi connectivity index (χ2v) is 4.28. The Balaban J connectivity index is 3.45. The number of nitrogens with one attached hydrogen (secondary N) is 1. The maximum Gasteiger partial charge on any atom is 0.232 e. The van der Waals surface area contributed by atoms with Crippen molar-refractivity contribution in [3.05, 3.63) is 0 Å². The molecule has 0 aromatic rings. The summed E-state index contributed by atoms with van der Waals surface area (Å²) in [6.07, 6.45) is 0.470. The maximum absolute atomic E-state index is 11.2. The van der Waals surface area contributed by atoms with Crippen LogP contribution in [0.1, 0.15) is 6.42 Å². The molecule has 0 saturated carbocycles. The fraction of sp³-hybridized carbons (Fsp3) is 0.875. The highest BCUT2D eigenvalue weighted by Gasteiger charge is 2.06. The zero-order valence-electron chi connectivity index (χ0n) is 8.32. The monoisotopic (exact) mass is 223 g/mol. The number of aliphatic hydroxyl groups excluding tert-OH is 1. The van der Waals surface area contributed by atoms with Crippen molar-refractivity contribution >= 4 is 16.7 Å². The molecule has 0 spiro atoms. The van der Waals surface area contributed by atoms with Crippen molar-refractivity contribution in [1.29, 1.82) is 0 Å². The maximum atomic E-state index is 11.2. The second-order valence-electron chi connectivity index (χ2n) is 2.71. The van der Waals surface area contributed by atoms with E-state index in [1.807, 2.05) is 0 Å². The van der Waals surface area contributed by atoms with Gasteiger partial charge in [0.25, 0.3) is 0 Å². The summed E-state index contributed by atoms with van der Waals surface area (Å²) in [5.74, 6) is 0.135. The lowest BCUT2D eigenvalue weighted by atomic mass is 10.5. The zero-order valence-corrected chi connectivity index (χ0v) is 9.14. The van der Waals surface area contributed by atoms with Crippen LogP contribution in [0.15, 0.2) is 0 Å². The molecule has 0 fully saturated rings. The summed E-state index contributed by atoms with van der Waals surface area (Å²) >= 11 is 0. The summed E-state index contributed by atoms with van der Waals surface area (Å²) in [5, 5.41) is 11.0. The van der Waals surface area contributed by atoms with Gasteiger partial charge >= 0.3 is 0 Å². The van der Waals surface area contributed by atoms with Gasteiger partial charge in [-0.2, -0.15) is 0 Å². The smallest absolute Gasteiger partial charge is 0.232 e. The molecule has 0 aromatic heterocycles. The Labute approximate surface area is 86.3 Å². The van der Waals surface area contributed by atoms with Crippen molar-refractivity contribution in [2.45, 2.75) is 6.42 Å². The van der Waals surface area contributed by atoms with Crippen LogP contribution in [0.4, 0.5) is 0 Å². The number of amides is 1. The van der Waals surface area contributed by atoms with Gasteiger partial charge < -0.3 is 15.2 Å². The summed E-state index contributed by atoms with van der Waals surface area (Å²) in [6.45, 7) is 0.901. The zero-order chi connectivity index (χ0) is 10.8. The van der Waals surface area contributed by atoms with Gasteiger partial charge in [-0.05, 0) is 6.42 Å². The molecule has 5 nitrogen and oxygen atoms in total. The quantitative estimate of drug-likeness (QED) is 0.511. The van der Waals surface area contributed by atoms with Crippen LogP contribution < -0.4 is 5.32 Å². The third kappa shape index (κ3) is 8.15. The van der Waals surface area contributed by atoms with E-state index in [0.717, 1.165) is 0 Å². The largest absolute Gasteiger partial charge is 0.396 e. The van der Waals surface area contributed by atoms with Crippen LogP contribution in [-0.4, -0.2) is 53.6 Å². The topological polar surface area (TPSA) is 75.6 Å². The molecule has 0 aromatic carbocycles. The average Bonchev–Trinajstić information content (AvgIpc) is 2.15. The van der Waals surface area contributed by atoms with Gasteiger partial charge in [0.15, 0.2) is 0 Å². The molecule has 0 radical (unpaired) electrons. The van der Waals surface area contributed by atoms with E-state index in [-0.39, 0.29) is 18.3 Å². The van der Waals surface area contributed by atoms with Crippen LogP contribution in [-0.2, 0) is 20.3 Å². The van der Waals surface area contributed by atoms with Crippen LogP contribution in [0, 0.1) is 0 Å². The van der Waals surface area contributed by atoms with E-state index >= 15 is 0 Å². The highest BCUT2D eigenvalue weighted by molar-refractivity contribution is 7.85. The van der Waals surface area contributed by atoms with Gasteiger partial charge in [-0.1, -0.05) is 0 Å². The number of hydrogen-bond donors (Lipinski definition) is 2. The van der Waals surface area contributed by atoms with Crippen LogP contribution in [0.25, 0.3) is 0 Å². The number of methoxy groups -OCH3 is 1. The van der Waals surface area contributed by atoms with Gasteiger partial charge in [-0.15, -0.1) is 0 Å². The fourth-order valence-corrected chi connectivity index (χ4v) is 1.78. The molecular formula is C8H17NO4S. The van der Waals surface area contributed by atoms with Crippen molar-refractivity contribution in [3.63, 3.8) is 0 Å². The molecule has 0 bridgehead atoms. The van der Waals surface area contributed by atoms with Crippen molar-refractivity contribution in [2.24, 2.45) is 0 Å². The molecule has 84 valence electrons. The van der Waals surface area contributed by atoms with Gasteiger partial charge in [0.1, 0.15) is 5.75 Å². The van der Waals surface area contributed by atoms with E-state index in [2.05, 4.69) is 5.32 Å². The van der Waals surface area contributed by atoms with E-state index in [1.54, 1.807) is 7.11 Å².